The third-order valence-electron chi connectivity index (χ3n) is 5.98. The van der Waals surface area contributed by atoms with E-state index in [4.69, 9.17) is 19.3 Å². The highest BCUT2D eigenvalue weighted by Gasteiger charge is 2.29. The van der Waals surface area contributed by atoms with Gasteiger partial charge >= 0.3 is 0 Å². The number of amides is 1. The first-order valence-corrected chi connectivity index (χ1v) is 12.0. The smallest absolute Gasteiger partial charge is 0.248 e. The summed E-state index contributed by atoms with van der Waals surface area (Å²) in [6.07, 6.45) is 1.84. The van der Waals surface area contributed by atoms with E-state index in [0.717, 1.165) is 29.8 Å². The molecule has 1 atom stereocenters. The number of nitrogens with zero attached hydrogens (tertiary/aromatic N) is 3. The number of hydrogen-bond acceptors (Lipinski definition) is 5. The van der Waals surface area contributed by atoms with Crippen LogP contribution in [0.2, 0.25) is 0 Å². The maximum Gasteiger partial charge on any atom is 0.248 e. The fraction of sp³-hybridized carbons (Fsp3) is 0.407. The summed E-state index contributed by atoms with van der Waals surface area (Å²) >= 11 is 0. The number of carbonyl (C=O) groups excluding carboxylic acids is 1. The molecule has 4 rings (SSSR count). The Morgan fingerprint density at radius 1 is 1.20 bits per heavy atom. The highest BCUT2D eigenvalue weighted by Crippen LogP contribution is 2.35. The van der Waals surface area contributed by atoms with E-state index in [9.17, 15) is 9.18 Å². The molecule has 2 aromatic carbocycles. The van der Waals surface area contributed by atoms with Crippen LogP contribution in [0.1, 0.15) is 43.9 Å². The van der Waals surface area contributed by atoms with Crippen LogP contribution in [0.25, 0.3) is 5.69 Å². The molecular formula is C27H32FN3O4. The molecule has 3 aromatic rings. The summed E-state index contributed by atoms with van der Waals surface area (Å²) in [6.45, 7) is 5.41. The lowest BCUT2D eigenvalue weighted by molar-refractivity contribution is -0.137. The van der Waals surface area contributed by atoms with Crippen LogP contribution in [0.15, 0.2) is 54.6 Å². The molecule has 1 aromatic heterocycles. The van der Waals surface area contributed by atoms with Crippen LogP contribution < -0.4 is 4.74 Å². The Morgan fingerprint density at radius 3 is 2.60 bits per heavy atom. The lowest BCUT2D eigenvalue weighted by atomic mass is 10.0. The van der Waals surface area contributed by atoms with Crippen LogP contribution in [0, 0.1) is 5.82 Å². The third-order valence-corrected chi connectivity index (χ3v) is 5.98. The average molecular weight is 482 g/mol. The predicted octanol–water partition coefficient (Wildman–Crippen LogP) is 5.08. The molecule has 2 heterocycles. The zero-order chi connectivity index (χ0) is 24.8. The van der Waals surface area contributed by atoms with E-state index in [0.29, 0.717) is 19.0 Å². The maximum atomic E-state index is 14.6. The molecule has 0 bridgehead atoms. The van der Waals surface area contributed by atoms with Gasteiger partial charge in [-0.05, 0) is 43.0 Å². The highest BCUT2D eigenvalue weighted by atomic mass is 19.1. The zero-order valence-electron chi connectivity index (χ0n) is 20.4. The Morgan fingerprint density at radius 2 is 1.94 bits per heavy atom. The molecule has 0 N–H and O–H groups in total. The van der Waals surface area contributed by atoms with Gasteiger partial charge in [0.2, 0.25) is 11.8 Å². The number of para-hydroxylation sites is 2. The van der Waals surface area contributed by atoms with Gasteiger partial charge in [0, 0.05) is 20.3 Å². The van der Waals surface area contributed by atoms with Crippen molar-refractivity contribution in [3.63, 3.8) is 0 Å². The molecule has 0 saturated carbocycles. The summed E-state index contributed by atoms with van der Waals surface area (Å²) in [4.78, 5) is 14.8. The molecule has 0 spiro atoms. The van der Waals surface area contributed by atoms with Crippen molar-refractivity contribution in [1.29, 1.82) is 0 Å². The fourth-order valence-electron chi connectivity index (χ4n) is 4.24. The second-order valence-electron chi connectivity index (χ2n) is 8.95. The molecule has 1 aliphatic rings. The number of aromatic nitrogens is 2. The molecule has 1 amide bonds. The molecule has 1 unspecified atom stereocenters. The first-order chi connectivity index (χ1) is 17.0. The Kier molecular flexibility index (Phi) is 8.15. The van der Waals surface area contributed by atoms with Gasteiger partial charge < -0.3 is 19.1 Å². The van der Waals surface area contributed by atoms with Gasteiger partial charge in [0.05, 0.1) is 29.6 Å². The van der Waals surface area contributed by atoms with E-state index >= 15 is 0 Å². The van der Waals surface area contributed by atoms with Crippen LogP contribution in [0.4, 0.5) is 4.39 Å². The van der Waals surface area contributed by atoms with Crippen molar-refractivity contribution < 1.29 is 23.4 Å². The molecule has 1 saturated heterocycles. The topological polar surface area (TPSA) is 65.8 Å². The minimum absolute atomic E-state index is 0.0292. The Balaban J connectivity index is 1.80. The zero-order valence-corrected chi connectivity index (χ0v) is 20.4. The molecule has 0 aliphatic carbocycles. The van der Waals surface area contributed by atoms with Crippen molar-refractivity contribution in [2.75, 3.05) is 26.9 Å². The molecule has 35 heavy (non-hydrogen) atoms. The minimum atomic E-state index is -0.475. The quantitative estimate of drug-likeness (QED) is 0.404. The SMILES string of the molecule is COCC(=O)N(Cc1c(C(C)C)nn(-c2ccccc2)c1Oc1ccccc1F)CC1CCCO1. The van der Waals surface area contributed by atoms with Crippen molar-refractivity contribution in [2.45, 2.75) is 45.3 Å². The number of rotatable bonds is 10. The fourth-order valence-corrected chi connectivity index (χ4v) is 4.24. The maximum absolute atomic E-state index is 14.6. The Bertz CT molecular complexity index is 1130. The minimum Gasteiger partial charge on any atom is -0.435 e. The summed E-state index contributed by atoms with van der Waals surface area (Å²) in [6, 6.07) is 15.8. The van der Waals surface area contributed by atoms with Gasteiger partial charge in [-0.25, -0.2) is 9.07 Å². The molecule has 0 radical (unpaired) electrons. The molecule has 186 valence electrons. The Labute approximate surface area is 205 Å². The standard InChI is InChI=1S/C27H32FN3O4/c1-19(2)26-22(17-30(25(32)18-33-3)16-21-12-9-15-34-21)27(35-24-14-8-7-13-23(24)28)31(29-26)20-10-5-4-6-11-20/h4-8,10-11,13-14,19,21H,9,12,15-18H2,1-3H3. The molecular weight excluding hydrogens is 449 g/mol. The number of halogens is 1. The van der Waals surface area contributed by atoms with Crippen LogP contribution >= 0.6 is 0 Å². The van der Waals surface area contributed by atoms with E-state index in [1.54, 1.807) is 27.8 Å². The van der Waals surface area contributed by atoms with Gasteiger partial charge in [0.15, 0.2) is 11.6 Å². The first kappa shape index (κ1) is 24.9. The summed E-state index contributed by atoms with van der Waals surface area (Å²) < 4.78 is 33.4. The average Bonchev–Trinajstić information content (AvgIpc) is 3.49. The van der Waals surface area contributed by atoms with Crippen LogP contribution in [0.5, 0.6) is 11.6 Å². The summed E-state index contributed by atoms with van der Waals surface area (Å²) in [7, 11) is 1.50. The van der Waals surface area contributed by atoms with Crippen molar-refractivity contribution in [3.8, 4) is 17.3 Å². The second-order valence-corrected chi connectivity index (χ2v) is 8.95. The highest BCUT2D eigenvalue weighted by molar-refractivity contribution is 5.77. The molecule has 7 nitrogen and oxygen atoms in total. The van der Waals surface area contributed by atoms with E-state index in [2.05, 4.69) is 0 Å². The number of ether oxygens (including phenoxy) is 3. The largest absolute Gasteiger partial charge is 0.435 e. The predicted molar refractivity (Wildman–Crippen MR) is 130 cm³/mol. The molecule has 1 aliphatic heterocycles. The first-order valence-electron chi connectivity index (χ1n) is 12.0. The lowest BCUT2D eigenvalue weighted by Crippen LogP contribution is -2.39. The van der Waals surface area contributed by atoms with Gasteiger partial charge in [-0.15, -0.1) is 0 Å². The second kappa shape index (κ2) is 11.5. The molecule has 8 heteroatoms. The number of methoxy groups -OCH3 is 1. The van der Waals surface area contributed by atoms with E-state index < -0.39 is 5.82 Å². The van der Waals surface area contributed by atoms with Crippen molar-refractivity contribution in [1.82, 2.24) is 14.7 Å². The lowest BCUT2D eigenvalue weighted by Gasteiger charge is -2.26. The summed E-state index contributed by atoms with van der Waals surface area (Å²) in [5.74, 6) is -0.110. The van der Waals surface area contributed by atoms with Gasteiger partial charge in [-0.1, -0.05) is 44.2 Å². The van der Waals surface area contributed by atoms with E-state index in [1.165, 1.54) is 13.2 Å². The molecule has 1 fully saturated rings. The normalized spacial score (nSPS) is 15.5. The van der Waals surface area contributed by atoms with Crippen molar-refractivity contribution in [3.05, 3.63) is 71.7 Å². The van der Waals surface area contributed by atoms with Crippen molar-refractivity contribution in [2.24, 2.45) is 0 Å². The van der Waals surface area contributed by atoms with Gasteiger partial charge in [0.25, 0.3) is 0 Å². The summed E-state index contributed by atoms with van der Waals surface area (Å²) in [5, 5.41) is 4.86. The van der Waals surface area contributed by atoms with E-state index in [1.807, 2.05) is 44.2 Å². The van der Waals surface area contributed by atoms with E-state index in [-0.39, 0.29) is 36.8 Å². The third kappa shape index (κ3) is 5.89. The van der Waals surface area contributed by atoms with Crippen LogP contribution in [-0.4, -0.2) is 53.6 Å². The summed E-state index contributed by atoms with van der Waals surface area (Å²) in [5.41, 5.74) is 2.29. The van der Waals surface area contributed by atoms with Crippen LogP contribution in [-0.2, 0) is 20.8 Å². The van der Waals surface area contributed by atoms with Gasteiger partial charge in [-0.2, -0.15) is 5.10 Å². The number of carbonyl (C=O) groups is 1. The van der Waals surface area contributed by atoms with Crippen LogP contribution in [0.3, 0.4) is 0 Å². The van der Waals surface area contributed by atoms with Gasteiger partial charge in [0.1, 0.15) is 6.61 Å². The number of hydrogen-bond donors (Lipinski definition) is 0. The van der Waals surface area contributed by atoms with Gasteiger partial charge in [-0.3, -0.25) is 4.79 Å². The monoisotopic (exact) mass is 481 g/mol. The number of benzene rings is 2. The Hall–Kier alpha value is -3.23. The van der Waals surface area contributed by atoms with Crippen molar-refractivity contribution >= 4 is 5.91 Å².